The van der Waals surface area contributed by atoms with Crippen LogP contribution in [-0.2, 0) is 16.4 Å². The molecule has 0 atom stereocenters. The topological polar surface area (TPSA) is 63.6 Å². The van der Waals surface area contributed by atoms with Gasteiger partial charge in [0.15, 0.2) is 9.84 Å². The summed E-state index contributed by atoms with van der Waals surface area (Å²) in [7, 11) is -3.00. The highest BCUT2D eigenvalue weighted by Crippen LogP contribution is 2.22. The van der Waals surface area contributed by atoms with E-state index in [0.29, 0.717) is 11.3 Å². The normalized spacial score (nSPS) is 11.4. The molecular weight excluding hydrogens is 296 g/mol. The van der Waals surface area contributed by atoms with Gasteiger partial charge in [-0.15, -0.1) is 0 Å². The molecule has 0 aliphatic carbocycles. The lowest BCUT2D eigenvalue weighted by molar-refractivity contribution is 0.279. The molecule has 0 amide bonds. The molecule has 0 bridgehead atoms. The fourth-order valence-corrected chi connectivity index (χ4v) is 1.83. The highest BCUT2D eigenvalue weighted by Gasteiger charge is 2.04. The van der Waals surface area contributed by atoms with E-state index in [9.17, 15) is 8.42 Å². The van der Waals surface area contributed by atoms with E-state index in [1.807, 2.05) is 0 Å². The largest absolute Gasteiger partial charge is 0.493 e. The Bertz CT molecular complexity index is 456. The molecule has 1 aromatic rings. The van der Waals surface area contributed by atoms with Gasteiger partial charge in [-0.2, -0.15) is 0 Å². The van der Waals surface area contributed by atoms with Gasteiger partial charge >= 0.3 is 0 Å². The molecule has 6 heteroatoms. The summed E-state index contributed by atoms with van der Waals surface area (Å²) in [4.78, 5) is 0. The minimum absolute atomic E-state index is 0.0163. The van der Waals surface area contributed by atoms with Crippen LogP contribution in [0.4, 0.5) is 0 Å². The van der Waals surface area contributed by atoms with E-state index in [4.69, 9.17) is 9.84 Å². The summed E-state index contributed by atoms with van der Waals surface area (Å²) >= 11 is 3.28. The van der Waals surface area contributed by atoms with Crippen LogP contribution in [0.25, 0.3) is 0 Å². The first-order valence-corrected chi connectivity index (χ1v) is 7.47. The van der Waals surface area contributed by atoms with Crippen molar-refractivity contribution in [2.24, 2.45) is 0 Å². The Balaban J connectivity index is 2.61. The average molecular weight is 309 g/mol. The van der Waals surface area contributed by atoms with Crippen molar-refractivity contribution in [2.75, 3.05) is 18.6 Å². The van der Waals surface area contributed by atoms with Crippen LogP contribution in [0.5, 0.6) is 5.75 Å². The molecule has 0 heterocycles. The molecule has 0 fully saturated rings. The molecule has 16 heavy (non-hydrogen) atoms. The van der Waals surface area contributed by atoms with E-state index in [-0.39, 0.29) is 19.0 Å². The number of hydrogen-bond acceptors (Lipinski definition) is 4. The van der Waals surface area contributed by atoms with Crippen molar-refractivity contribution in [1.29, 1.82) is 0 Å². The number of ether oxygens (including phenoxy) is 1. The van der Waals surface area contributed by atoms with E-state index in [1.165, 1.54) is 0 Å². The number of aliphatic hydroxyl groups is 1. The van der Waals surface area contributed by atoms with Crippen LogP contribution in [0.1, 0.15) is 5.56 Å². The molecule has 1 rings (SSSR count). The lowest BCUT2D eigenvalue weighted by atomic mass is 10.2. The maximum Gasteiger partial charge on any atom is 0.150 e. The first-order chi connectivity index (χ1) is 7.42. The van der Waals surface area contributed by atoms with E-state index >= 15 is 0 Å². The third-order valence-electron chi connectivity index (χ3n) is 1.91. The Morgan fingerprint density at radius 2 is 2.12 bits per heavy atom. The Labute approximate surface area is 103 Å². The maximum absolute atomic E-state index is 10.9. The second-order valence-corrected chi connectivity index (χ2v) is 6.50. The molecule has 0 saturated heterocycles. The summed E-state index contributed by atoms with van der Waals surface area (Å²) < 4.78 is 27.8. The number of rotatable bonds is 5. The van der Waals surface area contributed by atoms with Crippen LogP contribution in [0.15, 0.2) is 22.7 Å². The second kappa shape index (κ2) is 5.65. The predicted molar refractivity (Wildman–Crippen MR) is 65.3 cm³/mol. The first-order valence-electron chi connectivity index (χ1n) is 4.62. The Hall–Kier alpha value is -0.590. The highest BCUT2D eigenvalue weighted by molar-refractivity contribution is 9.10. The third-order valence-corrected chi connectivity index (χ3v) is 3.59. The summed E-state index contributed by atoms with van der Waals surface area (Å²) in [6.45, 7) is 0.0230. The average Bonchev–Trinajstić information content (AvgIpc) is 2.18. The van der Waals surface area contributed by atoms with Crippen LogP contribution in [0, 0.1) is 0 Å². The van der Waals surface area contributed by atoms with Crippen LogP contribution in [0.2, 0.25) is 0 Å². The molecule has 0 unspecified atom stereocenters. The maximum atomic E-state index is 10.9. The summed E-state index contributed by atoms with van der Waals surface area (Å²) in [5.41, 5.74) is 0.705. The van der Waals surface area contributed by atoms with Gasteiger partial charge in [-0.05, 0) is 23.8 Å². The molecule has 0 saturated carbocycles. The molecule has 0 aromatic heterocycles. The predicted octanol–water partition coefficient (Wildman–Crippen LogP) is 1.36. The fourth-order valence-electron chi connectivity index (χ4n) is 1.07. The second-order valence-electron chi connectivity index (χ2n) is 3.39. The molecule has 0 aliphatic rings. The van der Waals surface area contributed by atoms with Gasteiger partial charge < -0.3 is 9.84 Å². The summed E-state index contributed by atoms with van der Waals surface area (Å²) in [6, 6.07) is 5.14. The lowest BCUT2D eigenvalue weighted by Crippen LogP contribution is -2.12. The number of sulfone groups is 1. The van der Waals surface area contributed by atoms with Gasteiger partial charge in [-0.3, -0.25) is 0 Å². The number of hydrogen-bond donors (Lipinski definition) is 1. The summed E-state index contributed by atoms with van der Waals surface area (Å²) in [5.74, 6) is 0.535. The first kappa shape index (κ1) is 13.5. The van der Waals surface area contributed by atoms with Gasteiger partial charge in [0.25, 0.3) is 0 Å². The number of benzene rings is 1. The molecule has 0 radical (unpaired) electrons. The molecule has 90 valence electrons. The standard InChI is InChI=1S/C10H13BrO4S/c1-16(13,14)5-4-15-9-2-3-10(11)8(6-9)7-12/h2-3,6,12H,4-5,7H2,1H3. The monoisotopic (exact) mass is 308 g/mol. The smallest absolute Gasteiger partial charge is 0.150 e. The number of aliphatic hydroxyl groups excluding tert-OH is 1. The Kier molecular flexibility index (Phi) is 4.76. The van der Waals surface area contributed by atoms with Gasteiger partial charge in [0, 0.05) is 10.7 Å². The van der Waals surface area contributed by atoms with E-state index in [1.54, 1.807) is 18.2 Å². The third kappa shape index (κ3) is 4.51. The van der Waals surface area contributed by atoms with E-state index in [0.717, 1.165) is 10.7 Å². The Morgan fingerprint density at radius 1 is 1.44 bits per heavy atom. The molecule has 0 spiro atoms. The molecule has 1 aromatic carbocycles. The quantitative estimate of drug-likeness (QED) is 0.892. The zero-order chi connectivity index (χ0) is 12.2. The van der Waals surface area contributed by atoms with Crippen molar-refractivity contribution in [3.8, 4) is 5.75 Å². The minimum atomic E-state index is -3.00. The number of halogens is 1. The van der Waals surface area contributed by atoms with Crippen molar-refractivity contribution in [1.82, 2.24) is 0 Å². The molecule has 1 N–H and O–H groups in total. The zero-order valence-electron chi connectivity index (χ0n) is 8.81. The van der Waals surface area contributed by atoms with Crippen LogP contribution < -0.4 is 4.74 Å². The van der Waals surface area contributed by atoms with Gasteiger partial charge in [0.1, 0.15) is 12.4 Å². The van der Waals surface area contributed by atoms with Gasteiger partial charge in [0.2, 0.25) is 0 Å². The van der Waals surface area contributed by atoms with Crippen LogP contribution >= 0.6 is 15.9 Å². The Morgan fingerprint density at radius 3 is 2.69 bits per heavy atom. The zero-order valence-corrected chi connectivity index (χ0v) is 11.2. The molecule has 0 aliphatic heterocycles. The summed E-state index contributed by atoms with van der Waals surface area (Å²) in [5, 5.41) is 9.02. The van der Waals surface area contributed by atoms with Gasteiger partial charge in [-0.1, -0.05) is 15.9 Å². The van der Waals surface area contributed by atoms with Crippen molar-refractivity contribution in [2.45, 2.75) is 6.61 Å². The van der Waals surface area contributed by atoms with E-state index < -0.39 is 9.84 Å². The van der Waals surface area contributed by atoms with Crippen molar-refractivity contribution in [3.63, 3.8) is 0 Å². The van der Waals surface area contributed by atoms with Gasteiger partial charge in [0.05, 0.1) is 12.4 Å². The van der Waals surface area contributed by atoms with Crippen molar-refractivity contribution >= 4 is 25.8 Å². The SMILES string of the molecule is CS(=O)(=O)CCOc1ccc(Br)c(CO)c1. The molecule has 4 nitrogen and oxygen atoms in total. The highest BCUT2D eigenvalue weighted by atomic mass is 79.9. The van der Waals surface area contributed by atoms with Crippen molar-refractivity contribution < 1.29 is 18.3 Å². The van der Waals surface area contributed by atoms with Crippen molar-refractivity contribution in [3.05, 3.63) is 28.2 Å². The van der Waals surface area contributed by atoms with Crippen LogP contribution in [-0.4, -0.2) is 32.1 Å². The van der Waals surface area contributed by atoms with Crippen LogP contribution in [0.3, 0.4) is 0 Å². The minimum Gasteiger partial charge on any atom is -0.493 e. The summed E-state index contributed by atoms with van der Waals surface area (Å²) in [6.07, 6.45) is 1.16. The molecular formula is C10H13BrO4S. The fraction of sp³-hybridized carbons (Fsp3) is 0.400. The lowest BCUT2D eigenvalue weighted by Gasteiger charge is -2.07. The van der Waals surface area contributed by atoms with Gasteiger partial charge in [-0.25, -0.2) is 8.42 Å². The van der Waals surface area contributed by atoms with E-state index in [2.05, 4.69) is 15.9 Å².